The van der Waals surface area contributed by atoms with Crippen molar-refractivity contribution in [2.24, 2.45) is 0 Å². The van der Waals surface area contributed by atoms with Crippen LogP contribution in [0.4, 0.5) is 17.5 Å². The molecule has 0 saturated carbocycles. The minimum absolute atomic E-state index is 0.539. The van der Waals surface area contributed by atoms with Crippen molar-refractivity contribution in [1.82, 2.24) is 15.0 Å². The molecule has 0 radical (unpaired) electrons. The molecular formula is C24H23N5O. The largest absolute Gasteiger partial charge is 0.492 e. The number of nitrogens with one attached hydrogen (secondary N) is 2. The molecule has 6 nitrogen and oxygen atoms in total. The van der Waals surface area contributed by atoms with E-state index in [-0.39, 0.29) is 0 Å². The lowest BCUT2D eigenvalue weighted by Crippen LogP contribution is -2.07. The van der Waals surface area contributed by atoms with Crippen molar-refractivity contribution in [1.29, 1.82) is 0 Å². The molecule has 2 aromatic carbocycles. The van der Waals surface area contributed by atoms with Gasteiger partial charge in [-0.05, 0) is 30.7 Å². The predicted molar refractivity (Wildman–Crippen MR) is 120 cm³/mol. The number of nitrogens with zero attached hydrogens (tertiary/aromatic N) is 3. The molecule has 0 fully saturated rings. The van der Waals surface area contributed by atoms with Crippen molar-refractivity contribution in [3.63, 3.8) is 0 Å². The highest BCUT2D eigenvalue weighted by Gasteiger charge is 2.09. The smallest absolute Gasteiger partial charge is 0.225 e. The summed E-state index contributed by atoms with van der Waals surface area (Å²) in [6.45, 7) is 3.14. The van der Waals surface area contributed by atoms with E-state index < -0.39 is 0 Å². The van der Waals surface area contributed by atoms with Crippen molar-refractivity contribution in [2.75, 3.05) is 17.2 Å². The highest BCUT2D eigenvalue weighted by molar-refractivity contribution is 5.69. The molecule has 150 valence electrons. The predicted octanol–water partition coefficient (Wildman–Crippen LogP) is 5.29. The Hall–Kier alpha value is -3.93. The third-order valence-electron chi connectivity index (χ3n) is 4.42. The van der Waals surface area contributed by atoms with Crippen LogP contribution < -0.4 is 15.4 Å². The highest BCUT2D eigenvalue weighted by atomic mass is 16.5. The fourth-order valence-electron chi connectivity index (χ4n) is 3.02. The van der Waals surface area contributed by atoms with Crippen LogP contribution in [0, 0.1) is 0 Å². The van der Waals surface area contributed by atoms with Crippen molar-refractivity contribution in [3.8, 4) is 17.0 Å². The zero-order valence-electron chi connectivity index (χ0n) is 16.7. The van der Waals surface area contributed by atoms with Gasteiger partial charge in [0, 0.05) is 30.6 Å². The molecule has 30 heavy (non-hydrogen) atoms. The van der Waals surface area contributed by atoms with E-state index >= 15 is 0 Å². The number of rotatable bonds is 8. The van der Waals surface area contributed by atoms with E-state index in [0.717, 1.165) is 28.3 Å². The summed E-state index contributed by atoms with van der Waals surface area (Å²) in [7, 11) is 0. The molecule has 0 saturated heterocycles. The number of benzene rings is 2. The van der Waals surface area contributed by atoms with E-state index in [1.807, 2.05) is 85.9 Å². The highest BCUT2D eigenvalue weighted by Crippen LogP contribution is 2.29. The van der Waals surface area contributed by atoms with Gasteiger partial charge in [0.05, 0.1) is 18.0 Å². The zero-order valence-corrected chi connectivity index (χ0v) is 16.7. The van der Waals surface area contributed by atoms with Crippen LogP contribution >= 0.6 is 0 Å². The Labute approximate surface area is 176 Å². The van der Waals surface area contributed by atoms with Crippen LogP contribution in [0.3, 0.4) is 0 Å². The molecule has 6 heteroatoms. The minimum atomic E-state index is 0.539. The van der Waals surface area contributed by atoms with E-state index in [4.69, 9.17) is 9.72 Å². The summed E-state index contributed by atoms with van der Waals surface area (Å²) in [5.41, 5.74) is 3.76. The van der Waals surface area contributed by atoms with Crippen LogP contribution in [-0.4, -0.2) is 21.6 Å². The topological polar surface area (TPSA) is 72.0 Å². The van der Waals surface area contributed by atoms with E-state index in [0.29, 0.717) is 24.9 Å². The van der Waals surface area contributed by atoms with Crippen LogP contribution in [0.1, 0.15) is 12.5 Å². The molecule has 0 unspecified atom stereocenters. The minimum Gasteiger partial charge on any atom is -0.492 e. The van der Waals surface area contributed by atoms with E-state index in [2.05, 4.69) is 20.6 Å². The van der Waals surface area contributed by atoms with Gasteiger partial charge < -0.3 is 15.4 Å². The Balaban J connectivity index is 1.65. The Kier molecular flexibility index (Phi) is 6.15. The number of aromatic nitrogens is 3. The average molecular weight is 397 g/mol. The summed E-state index contributed by atoms with van der Waals surface area (Å²) in [6, 6.07) is 23.7. The molecule has 0 spiro atoms. The molecular weight excluding hydrogens is 374 g/mol. The number of ether oxygens (including phenoxy) is 1. The van der Waals surface area contributed by atoms with Gasteiger partial charge in [0.2, 0.25) is 5.95 Å². The molecule has 0 amide bonds. The first-order valence-corrected chi connectivity index (χ1v) is 9.88. The zero-order chi connectivity index (χ0) is 20.6. The van der Waals surface area contributed by atoms with Gasteiger partial charge >= 0.3 is 0 Å². The molecule has 0 bridgehead atoms. The Morgan fingerprint density at radius 2 is 1.73 bits per heavy atom. The molecule has 4 rings (SSSR count). The molecule has 0 atom stereocenters. The fourth-order valence-corrected chi connectivity index (χ4v) is 3.02. The molecule has 4 aromatic rings. The van der Waals surface area contributed by atoms with Crippen LogP contribution in [0.25, 0.3) is 11.3 Å². The van der Waals surface area contributed by atoms with Gasteiger partial charge in [-0.15, -0.1) is 0 Å². The first-order chi connectivity index (χ1) is 14.8. The summed E-state index contributed by atoms with van der Waals surface area (Å²) >= 11 is 0. The molecule has 2 heterocycles. The maximum absolute atomic E-state index is 5.73. The van der Waals surface area contributed by atoms with Gasteiger partial charge in [-0.3, -0.25) is 4.98 Å². The van der Waals surface area contributed by atoms with Crippen LogP contribution in [0.15, 0.2) is 85.2 Å². The molecule has 0 aliphatic carbocycles. The molecule has 2 aromatic heterocycles. The Bertz CT molecular complexity index is 1090. The van der Waals surface area contributed by atoms with Gasteiger partial charge in [0.1, 0.15) is 11.6 Å². The van der Waals surface area contributed by atoms with E-state index in [9.17, 15) is 0 Å². The fraction of sp³-hybridized carbons (Fsp3) is 0.125. The number of hydrogen-bond acceptors (Lipinski definition) is 6. The van der Waals surface area contributed by atoms with Crippen molar-refractivity contribution < 1.29 is 4.74 Å². The summed E-state index contributed by atoms with van der Waals surface area (Å²) in [5, 5.41) is 6.68. The van der Waals surface area contributed by atoms with Gasteiger partial charge in [-0.1, -0.05) is 48.5 Å². The summed E-state index contributed by atoms with van der Waals surface area (Å²) < 4.78 is 5.73. The maximum Gasteiger partial charge on any atom is 0.225 e. The van der Waals surface area contributed by atoms with E-state index in [1.54, 1.807) is 6.20 Å². The van der Waals surface area contributed by atoms with Gasteiger partial charge in [0.15, 0.2) is 0 Å². The monoisotopic (exact) mass is 397 g/mol. The van der Waals surface area contributed by atoms with Gasteiger partial charge in [0.25, 0.3) is 0 Å². The summed E-state index contributed by atoms with van der Waals surface area (Å²) in [6.07, 6.45) is 3.58. The summed E-state index contributed by atoms with van der Waals surface area (Å²) in [5.74, 6) is 2.01. The lowest BCUT2D eigenvalue weighted by molar-refractivity contribution is 0.342. The standard InChI is InChI=1S/C24H23N5O/c1-2-30-22-13-7-6-12-20(22)27-23-15-21(19-10-4-3-5-11-19)28-24(29-23)26-17-18-9-8-14-25-16-18/h3-16H,2,17H2,1H3,(H2,26,27,28,29). The average Bonchev–Trinajstić information content (AvgIpc) is 2.80. The third-order valence-corrected chi connectivity index (χ3v) is 4.42. The van der Waals surface area contributed by atoms with Crippen molar-refractivity contribution in [2.45, 2.75) is 13.5 Å². The van der Waals surface area contributed by atoms with Gasteiger partial charge in [-0.2, -0.15) is 4.98 Å². The van der Waals surface area contributed by atoms with Crippen LogP contribution in [0.5, 0.6) is 5.75 Å². The summed E-state index contributed by atoms with van der Waals surface area (Å²) in [4.78, 5) is 13.5. The Morgan fingerprint density at radius 3 is 2.53 bits per heavy atom. The quantitative estimate of drug-likeness (QED) is 0.421. The first-order valence-electron chi connectivity index (χ1n) is 9.88. The molecule has 2 N–H and O–H groups in total. The van der Waals surface area contributed by atoms with Crippen LogP contribution in [-0.2, 0) is 6.54 Å². The number of para-hydroxylation sites is 2. The van der Waals surface area contributed by atoms with E-state index in [1.165, 1.54) is 0 Å². The second-order valence-corrected chi connectivity index (χ2v) is 6.60. The SMILES string of the molecule is CCOc1ccccc1Nc1cc(-c2ccccc2)nc(NCc2cccnc2)n1. The second kappa shape index (κ2) is 9.52. The lowest BCUT2D eigenvalue weighted by atomic mass is 10.1. The lowest BCUT2D eigenvalue weighted by Gasteiger charge is -2.14. The third kappa shape index (κ3) is 4.91. The molecule has 0 aliphatic heterocycles. The number of pyridine rings is 1. The normalized spacial score (nSPS) is 10.4. The van der Waals surface area contributed by atoms with Crippen molar-refractivity contribution in [3.05, 3.63) is 90.8 Å². The van der Waals surface area contributed by atoms with Crippen LogP contribution in [0.2, 0.25) is 0 Å². The maximum atomic E-state index is 5.73. The first kappa shape index (κ1) is 19.4. The number of hydrogen-bond donors (Lipinski definition) is 2. The number of anilines is 3. The van der Waals surface area contributed by atoms with Crippen molar-refractivity contribution >= 4 is 17.5 Å². The Morgan fingerprint density at radius 1 is 0.900 bits per heavy atom. The van der Waals surface area contributed by atoms with Gasteiger partial charge in [-0.25, -0.2) is 4.98 Å². The molecule has 0 aliphatic rings. The second-order valence-electron chi connectivity index (χ2n) is 6.60.